The number of nitrogens with one attached hydrogen (secondary N) is 1. The summed E-state index contributed by atoms with van der Waals surface area (Å²) < 4.78 is 1.61. The summed E-state index contributed by atoms with van der Waals surface area (Å²) >= 11 is 7.21. The van der Waals surface area contributed by atoms with E-state index in [4.69, 9.17) is 16.9 Å². The number of benzene rings is 2. The molecule has 7 nitrogen and oxygen atoms in total. The highest BCUT2D eigenvalue weighted by Crippen LogP contribution is 2.22. The molecule has 2 aromatic carbocycles. The highest BCUT2D eigenvalue weighted by atomic mass is 35.5. The molecule has 0 saturated carbocycles. The highest BCUT2D eigenvalue weighted by molar-refractivity contribution is 7.99. The third kappa shape index (κ3) is 4.64. The largest absolute Gasteiger partial charge is 0.325 e. The Morgan fingerprint density at radius 2 is 2.00 bits per heavy atom. The van der Waals surface area contributed by atoms with Crippen LogP contribution >= 0.6 is 23.4 Å². The predicted octanol–water partition coefficient (Wildman–Crippen LogP) is 3.54. The van der Waals surface area contributed by atoms with Gasteiger partial charge in [-0.3, -0.25) is 4.79 Å². The summed E-state index contributed by atoms with van der Waals surface area (Å²) in [5.41, 5.74) is 3.94. The third-order valence-electron chi connectivity index (χ3n) is 3.60. The number of halogens is 1. The minimum atomic E-state index is -0.226. The second-order valence-electron chi connectivity index (χ2n) is 5.86. The minimum absolute atomic E-state index is 0.128. The SMILES string of the molecule is Cc1cc(C)cc(-n2nnnc2SCC(=O)Nc2ccc(C#N)c(Cl)c2)c1. The first-order valence-electron chi connectivity index (χ1n) is 7.95. The smallest absolute Gasteiger partial charge is 0.234 e. The van der Waals surface area contributed by atoms with Crippen molar-refractivity contribution >= 4 is 35.0 Å². The fourth-order valence-corrected chi connectivity index (χ4v) is 3.43. The molecule has 0 aliphatic rings. The van der Waals surface area contributed by atoms with Gasteiger partial charge >= 0.3 is 0 Å². The van der Waals surface area contributed by atoms with Gasteiger partial charge < -0.3 is 5.32 Å². The number of thioether (sulfide) groups is 1. The van der Waals surface area contributed by atoms with Crippen molar-refractivity contribution in [3.63, 3.8) is 0 Å². The molecule has 0 saturated heterocycles. The fourth-order valence-electron chi connectivity index (χ4n) is 2.51. The number of carbonyl (C=O) groups is 1. The van der Waals surface area contributed by atoms with Crippen molar-refractivity contribution in [2.75, 3.05) is 11.1 Å². The monoisotopic (exact) mass is 398 g/mol. The first kappa shape index (κ1) is 18.9. The zero-order valence-corrected chi connectivity index (χ0v) is 16.2. The van der Waals surface area contributed by atoms with Gasteiger partial charge in [-0.1, -0.05) is 29.4 Å². The number of hydrogen-bond donors (Lipinski definition) is 1. The zero-order valence-electron chi connectivity index (χ0n) is 14.6. The number of aromatic nitrogens is 4. The van der Waals surface area contributed by atoms with Gasteiger partial charge in [0.25, 0.3) is 0 Å². The van der Waals surface area contributed by atoms with Crippen molar-refractivity contribution in [1.29, 1.82) is 5.26 Å². The number of aryl methyl sites for hydroxylation is 2. The van der Waals surface area contributed by atoms with Gasteiger partial charge in [0.2, 0.25) is 11.1 Å². The van der Waals surface area contributed by atoms with Crippen LogP contribution in [-0.4, -0.2) is 31.9 Å². The van der Waals surface area contributed by atoms with Crippen molar-refractivity contribution in [2.45, 2.75) is 19.0 Å². The predicted molar refractivity (Wildman–Crippen MR) is 104 cm³/mol. The van der Waals surface area contributed by atoms with Gasteiger partial charge in [0.15, 0.2) is 0 Å². The number of tetrazole rings is 1. The van der Waals surface area contributed by atoms with Gasteiger partial charge in [0, 0.05) is 5.69 Å². The van der Waals surface area contributed by atoms with Crippen LogP contribution in [-0.2, 0) is 4.79 Å². The maximum absolute atomic E-state index is 12.2. The van der Waals surface area contributed by atoms with E-state index in [1.807, 2.05) is 32.0 Å². The van der Waals surface area contributed by atoms with Gasteiger partial charge in [0.1, 0.15) is 6.07 Å². The second kappa shape index (κ2) is 8.20. The molecule has 9 heteroatoms. The van der Waals surface area contributed by atoms with Crippen LogP contribution < -0.4 is 5.32 Å². The lowest BCUT2D eigenvalue weighted by atomic mass is 10.1. The van der Waals surface area contributed by atoms with Gasteiger partial charge in [-0.25, -0.2) is 0 Å². The normalized spacial score (nSPS) is 10.4. The van der Waals surface area contributed by atoms with Crippen LogP contribution in [0.25, 0.3) is 5.69 Å². The van der Waals surface area contributed by atoms with E-state index in [0.717, 1.165) is 16.8 Å². The number of anilines is 1. The van der Waals surface area contributed by atoms with E-state index < -0.39 is 0 Å². The summed E-state index contributed by atoms with van der Waals surface area (Å²) in [6.45, 7) is 4.01. The molecule has 0 radical (unpaired) electrons. The molecule has 136 valence electrons. The standard InChI is InChI=1S/C18H15ClN6OS/c1-11-5-12(2)7-15(6-11)25-18(22-23-24-25)27-10-17(26)21-14-4-3-13(9-20)16(19)8-14/h3-8H,10H2,1-2H3,(H,21,26). The summed E-state index contributed by atoms with van der Waals surface area (Å²) in [6, 6.07) is 12.7. The van der Waals surface area contributed by atoms with Gasteiger partial charge in [-0.2, -0.15) is 9.94 Å². The third-order valence-corrected chi connectivity index (χ3v) is 4.83. The van der Waals surface area contributed by atoms with Crippen LogP contribution in [0.5, 0.6) is 0 Å². The number of amides is 1. The molecule has 0 spiro atoms. The molecule has 1 N–H and O–H groups in total. The summed E-state index contributed by atoms with van der Waals surface area (Å²) in [6.07, 6.45) is 0. The average molecular weight is 399 g/mol. The maximum Gasteiger partial charge on any atom is 0.234 e. The minimum Gasteiger partial charge on any atom is -0.325 e. The molecule has 3 aromatic rings. The number of rotatable bonds is 5. The van der Waals surface area contributed by atoms with Crippen molar-refractivity contribution in [3.05, 3.63) is 58.1 Å². The van der Waals surface area contributed by atoms with Crippen LogP contribution in [0.3, 0.4) is 0 Å². The van der Waals surface area contributed by atoms with Crippen LogP contribution in [0.15, 0.2) is 41.6 Å². The molecule has 0 unspecified atom stereocenters. The molecule has 0 atom stereocenters. The summed E-state index contributed by atoms with van der Waals surface area (Å²) in [5.74, 6) is -0.0984. The Kier molecular flexibility index (Phi) is 5.74. The van der Waals surface area contributed by atoms with Crippen LogP contribution in [0.2, 0.25) is 5.02 Å². The lowest BCUT2D eigenvalue weighted by molar-refractivity contribution is -0.113. The van der Waals surface area contributed by atoms with E-state index in [1.165, 1.54) is 11.8 Å². The van der Waals surface area contributed by atoms with Crippen LogP contribution in [0.4, 0.5) is 5.69 Å². The van der Waals surface area contributed by atoms with E-state index in [1.54, 1.807) is 22.9 Å². The van der Waals surface area contributed by atoms with Crippen LogP contribution in [0, 0.1) is 25.2 Å². The second-order valence-corrected chi connectivity index (χ2v) is 7.21. The van der Waals surface area contributed by atoms with E-state index >= 15 is 0 Å². The molecular weight excluding hydrogens is 384 g/mol. The van der Waals surface area contributed by atoms with Gasteiger partial charge in [0.05, 0.1) is 22.0 Å². The van der Waals surface area contributed by atoms with Crippen molar-refractivity contribution < 1.29 is 4.79 Å². The lowest BCUT2D eigenvalue weighted by Gasteiger charge is -2.08. The number of carbonyl (C=O) groups excluding carboxylic acids is 1. The summed E-state index contributed by atoms with van der Waals surface area (Å²) in [4.78, 5) is 12.2. The number of hydrogen-bond acceptors (Lipinski definition) is 6. The zero-order chi connectivity index (χ0) is 19.4. The molecule has 0 fully saturated rings. The molecule has 3 rings (SSSR count). The van der Waals surface area contributed by atoms with E-state index in [-0.39, 0.29) is 11.7 Å². The van der Waals surface area contributed by atoms with Crippen LogP contribution in [0.1, 0.15) is 16.7 Å². The molecule has 1 amide bonds. The molecule has 0 aliphatic carbocycles. The lowest BCUT2D eigenvalue weighted by Crippen LogP contribution is -2.14. The van der Waals surface area contributed by atoms with Crippen molar-refractivity contribution in [3.8, 4) is 11.8 Å². The Morgan fingerprint density at radius 1 is 1.26 bits per heavy atom. The van der Waals surface area contributed by atoms with Gasteiger partial charge in [-0.05, 0) is 65.7 Å². The quantitative estimate of drug-likeness (QED) is 0.660. The number of nitriles is 1. The fraction of sp³-hybridized carbons (Fsp3) is 0.167. The van der Waals surface area contributed by atoms with E-state index in [2.05, 4.69) is 26.9 Å². The Hall–Kier alpha value is -2.89. The highest BCUT2D eigenvalue weighted by Gasteiger charge is 2.13. The van der Waals surface area contributed by atoms with E-state index in [9.17, 15) is 4.79 Å². The Morgan fingerprint density at radius 3 is 2.67 bits per heavy atom. The first-order valence-corrected chi connectivity index (χ1v) is 9.32. The number of nitrogens with zero attached hydrogens (tertiary/aromatic N) is 5. The Balaban J connectivity index is 1.67. The maximum atomic E-state index is 12.2. The Bertz CT molecular complexity index is 1020. The first-order chi connectivity index (χ1) is 13.0. The van der Waals surface area contributed by atoms with Crippen molar-refractivity contribution in [1.82, 2.24) is 20.2 Å². The Labute approximate surface area is 165 Å². The molecular formula is C18H15ClN6OS. The summed E-state index contributed by atoms with van der Waals surface area (Å²) in [7, 11) is 0. The molecule has 0 bridgehead atoms. The molecule has 0 aliphatic heterocycles. The van der Waals surface area contributed by atoms with Crippen molar-refractivity contribution in [2.24, 2.45) is 0 Å². The van der Waals surface area contributed by atoms with E-state index in [0.29, 0.717) is 21.4 Å². The molecule has 1 aromatic heterocycles. The molecule has 1 heterocycles. The summed E-state index contributed by atoms with van der Waals surface area (Å²) in [5, 5.41) is 24.2. The average Bonchev–Trinajstić information content (AvgIpc) is 3.08. The van der Waals surface area contributed by atoms with Gasteiger partial charge in [-0.15, -0.1) is 5.10 Å². The molecule has 27 heavy (non-hydrogen) atoms. The topological polar surface area (TPSA) is 96.5 Å².